The van der Waals surface area contributed by atoms with Crippen molar-refractivity contribution in [2.45, 2.75) is 25.8 Å². The number of nitrogens with zero attached hydrogens (tertiary/aromatic N) is 2. The fourth-order valence-corrected chi connectivity index (χ4v) is 3.27. The number of carbonyl (C=O) groups is 1. The van der Waals surface area contributed by atoms with Crippen molar-refractivity contribution in [2.75, 3.05) is 18.0 Å². The Kier molecular flexibility index (Phi) is 4.18. The van der Waals surface area contributed by atoms with Gasteiger partial charge < -0.3 is 10.2 Å². The lowest BCUT2D eigenvalue weighted by Crippen LogP contribution is -2.36. The molecule has 0 aliphatic carbocycles. The number of hydrogen-bond acceptors (Lipinski definition) is 3. The van der Waals surface area contributed by atoms with Crippen LogP contribution in [-0.2, 0) is 19.4 Å². The molecule has 0 unspecified atom stereocenters. The number of fused-ring (bicyclic) bond motifs is 2. The Labute approximate surface area is 135 Å². The molecule has 116 valence electrons. The van der Waals surface area contributed by atoms with Gasteiger partial charge in [0.15, 0.2) is 5.69 Å². The van der Waals surface area contributed by atoms with E-state index in [4.69, 9.17) is 0 Å². The molecule has 4 rings (SSSR count). The molecular formula is C16H19ClN4O. The Hall–Kier alpha value is -1.85. The van der Waals surface area contributed by atoms with E-state index in [2.05, 4.69) is 21.6 Å². The van der Waals surface area contributed by atoms with Gasteiger partial charge >= 0.3 is 0 Å². The van der Waals surface area contributed by atoms with Gasteiger partial charge in [0.25, 0.3) is 5.91 Å². The number of benzene rings is 1. The van der Waals surface area contributed by atoms with E-state index in [1.54, 1.807) is 0 Å². The fourth-order valence-electron chi connectivity index (χ4n) is 3.27. The van der Waals surface area contributed by atoms with Gasteiger partial charge in [-0.3, -0.25) is 9.89 Å². The van der Waals surface area contributed by atoms with Gasteiger partial charge in [0.05, 0.1) is 0 Å². The Morgan fingerprint density at radius 2 is 2.09 bits per heavy atom. The molecule has 1 aromatic heterocycles. The third-order valence-electron chi connectivity index (χ3n) is 4.36. The van der Waals surface area contributed by atoms with Crippen molar-refractivity contribution < 1.29 is 4.79 Å². The number of aromatic amines is 1. The highest BCUT2D eigenvalue weighted by atomic mass is 35.5. The maximum atomic E-state index is 12.9. The van der Waals surface area contributed by atoms with Gasteiger partial charge in [-0.25, -0.2) is 0 Å². The van der Waals surface area contributed by atoms with Crippen LogP contribution in [-0.4, -0.2) is 29.2 Å². The lowest BCUT2D eigenvalue weighted by molar-refractivity contribution is 0.0979. The summed E-state index contributed by atoms with van der Waals surface area (Å²) in [7, 11) is 0. The van der Waals surface area contributed by atoms with E-state index < -0.39 is 0 Å². The Bertz CT molecular complexity index is 697. The Morgan fingerprint density at radius 3 is 3.00 bits per heavy atom. The van der Waals surface area contributed by atoms with Crippen LogP contribution in [0.3, 0.4) is 0 Å². The van der Waals surface area contributed by atoms with Crippen molar-refractivity contribution in [1.82, 2.24) is 15.5 Å². The maximum Gasteiger partial charge on any atom is 0.279 e. The van der Waals surface area contributed by atoms with Gasteiger partial charge in [0.2, 0.25) is 0 Å². The molecule has 3 heterocycles. The summed E-state index contributed by atoms with van der Waals surface area (Å²) in [5.41, 5.74) is 5.00. The van der Waals surface area contributed by atoms with Gasteiger partial charge in [0, 0.05) is 43.0 Å². The first-order valence-corrected chi connectivity index (χ1v) is 7.51. The highest BCUT2D eigenvalue weighted by Crippen LogP contribution is 2.29. The summed E-state index contributed by atoms with van der Waals surface area (Å²) >= 11 is 0. The lowest BCUT2D eigenvalue weighted by Gasteiger charge is -2.29. The van der Waals surface area contributed by atoms with Crippen LogP contribution in [0.5, 0.6) is 0 Å². The molecule has 0 spiro atoms. The second-order valence-corrected chi connectivity index (χ2v) is 5.65. The molecule has 0 saturated heterocycles. The second kappa shape index (κ2) is 6.10. The average molecular weight is 319 g/mol. The molecule has 5 nitrogen and oxygen atoms in total. The Morgan fingerprint density at radius 1 is 1.23 bits per heavy atom. The number of nitrogens with one attached hydrogen (secondary N) is 2. The van der Waals surface area contributed by atoms with Gasteiger partial charge in [-0.15, -0.1) is 12.4 Å². The van der Waals surface area contributed by atoms with Crippen LogP contribution in [0.2, 0.25) is 0 Å². The van der Waals surface area contributed by atoms with E-state index in [9.17, 15) is 4.79 Å². The van der Waals surface area contributed by atoms with Gasteiger partial charge in [-0.1, -0.05) is 18.2 Å². The zero-order chi connectivity index (χ0) is 14.2. The standard InChI is InChI=1S/C16H18N4O.ClH/c21-16(15-12-10-17-8-7-13(12)18-19-15)20-9-3-5-11-4-1-2-6-14(11)20;/h1-2,4,6,17H,3,5,7-10H2,(H,18,19);1H. The van der Waals surface area contributed by atoms with E-state index in [1.165, 1.54) is 5.56 Å². The minimum Gasteiger partial charge on any atom is -0.312 e. The molecule has 0 atom stereocenters. The number of rotatable bonds is 1. The van der Waals surface area contributed by atoms with Crippen molar-refractivity contribution in [3.05, 3.63) is 46.8 Å². The van der Waals surface area contributed by atoms with Crippen molar-refractivity contribution in [3.8, 4) is 0 Å². The smallest absolute Gasteiger partial charge is 0.279 e. The molecule has 6 heteroatoms. The SMILES string of the molecule is Cl.O=C(c1n[nH]c2c1CNCC2)N1CCCc2ccccc21. The molecule has 0 radical (unpaired) electrons. The van der Waals surface area contributed by atoms with Crippen molar-refractivity contribution in [3.63, 3.8) is 0 Å². The predicted octanol–water partition coefficient (Wildman–Crippen LogP) is 2.07. The zero-order valence-corrected chi connectivity index (χ0v) is 13.1. The summed E-state index contributed by atoms with van der Waals surface area (Å²) in [4.78, 5) is 14.8. The van der Waals surface area contributed by atoms with E-state index in [0.717, 1.165) is 55.8 Å². The number of carbonyl (C=O) groups excluding carboxylic acids is 1. The topological polar surface area (TPSA) is 61.0 Å². The minimum atomic E-state index is 0. The molecule has 2 aromatic rings. The number of aromatic nitrogens is 2. The highest BCUT2D eigenvalue weighted by Gasteiger charge is 2.28. The predicted molar refractivity (Wildman–Crippen MR) is 87.7 cm³/mol. The summed E-state index contributed by atoms with van der Waals surface area (Å²) in [5, 5.41) is 10.6. The second-order valence-electron chi connectivity index (χ2n) is 5.65. The molecule has 2 aliphatic heterocycles. The summed E-state index contributed by atoms with van der Waals surface area (Å²) in [5.74, 6) is 0.0170. The van der Waals surface area contributed by atoms with Gasteiger partial charge in [-0.2, -0.15) is 5.10 Å². The van der Waals surface area contributed by atoms with Crippen LogP contribution in [0.25, 0.3) is 0 Å². The monoisotopic (exact) mass is 318 g/mol. The molecule has 2 aliphatic rings. The van der Waals surface area contributed by atoms with Crippen molar-refractivity contribution in [2.24, 2.45) is 0 Å². The van der Waals surface area contributed by atoms with E-state index in [0.29, 0.717) is 5.69 Å². The number of H-pyrrole nitrogens is 1. The molecule has 2 N–H and O–H groups in total. The molecule has 22 heavy (non-hydrogen) atoms. The van der Waals surface area contributed by atoms with Gasteiger partial charge in [-0.05, 0) is 24.5 Å². The normalized spacial score (nSPS) is 16.5. The summed E-state index contributed by atoms with van der Waals surface area (Å²) in [6, 6.07) is 8.17. The quantitative estimate of drug-likeness (QED) is 0.846. The van der Waals surface area contributed by atoms with Crippen LogP contribution in [0.4, 0.5) is 5.69 Å². The van der Waals surface area contributed by atoms with Crippen molar-refractivity contribution in [1.29, 1.82) is 0 Å². The van der Waals surface area contributed by atoms with Crippen LogP contribution in [0.1, 0.15) is 33.7 Å². The highest BCUT2D eigenvalue weighted by molar-refractivity contribution is 6.06. The van der Waals surface area contributed by atoms with Crippen LogP contribution < -0.4 is 10.2 Å². The van der Waals surface area contributed by atoms with Crippen molar-refractivity contribution >= 4 is 24.0 Å². The number of aryl methyl sites for hydroxylation is 1. The summed E-state index contributed by atoms with van der Waals surface area (Å²) < 4.78 is 0. The minimum absolute atomic E-state index is 0. The number of hydrogen-bond donors (Lipinski definition) is 2. The van der Waals surface area contributed by atoms with Crippen LogP contribution >= 0.6 is 12.4 Å². The van der Waals surface area contributed by atoms with E-state index in [1.807, 2.05) is 23.1 Å². The average Bonchev–Trinajstić information content (AvgIpc) is 2.98. The van der Waals surface area contributed by atoms with E-state index in [-0.39, 0.29) is 18.3 Å². The molecule has 0 saturated carbocycles. The van der Waals surface area contributed by atoms with Crippen LogP contribution in [0.15, 0.2) is 24.3 Å². The Balaban J connectivity index is 0.00000144. The molecule has 1 amide bonds. The maximum absolute atomic E-state index is 12.9. The first-order valence-electron chi connectivity index (χ1n) is 7.51. The number of amides is 1. The van der Waals surface area contributed by atoms with Gasteiger partial charge in [0.1, 0.15) is 0 Å². The fraction of sp³-hybridized carbons (Fsp3) is 0.375. The lowest BCUT2D eigenvalue weighted by atomic mass is 10.0. The summed E-state index contributed by atoms with van der Waals surface area (Å²) in [6.45, 7) is 2.43. The molecule has 0 bridgehead atoms. The zero-order valence-electron chi connectivity index (χ0n) is 12.3. The van der Waals surface area contributed by atoms with Crippen LogP contribution in [0, 0.1) is 0 Å². The molecular weight excluding hydrogens is 300 g/mol. The number of para-hydroxylation sites is 1. The number of anilines is 1. The summed E-state index contributed by atoms with van der Waals surface area (Å²) in [6.07, 6.45) is 2.96. The first kappa shape index (κ1) is 15.1. The third kappa shape index (κ3) is 2.40. The van der Waals surface area contributed by atoms with E-state index >= 15 is 0 Å². The molecule has 1 aromatic carbocycles. The first-order chi connectivity index (χ1) is 10.3. The molecule has 0 fully saturated rings. The largest absolute Gasteiger partial charge is 0.312 e. The third-order valence-corrected chi connectivity index (χ3v) is 4.36. The number of halogens is 1.